The van der Waals surface area contributed by atoms with Gasteiger partial charge in [0.2, 0.25) is 11.8 Å². The van der Waals surface area contributed by atoms with Crippen LogP contribution in [0.2, 0.25) is 0 Å². The highest BCUT2D eigenvalue weighted by molar-refractivity contribution is 5.83. The van der Waals surface area contributed by atoms with E-state index in [2.05, 4.69) is 10.6 Å². The van der Waals surface area contributed by atoms with E-state index in [1.807, 2.05) is 45.0 Å². The number of benzene rings is 1. The molecule has 0 saturated carbocycles. The maximum atomic E-state index is 11.7. The Morgan fingerprint density at radius 3 is 2.14 bits per heavy atom. The number of hydrogen-bond donors (Lipinski definition) is 2. The fraction of sp³-hybridized carbons (Fsp3) is 0.500. The molecule has 0 aliphatic carbocycles. The van der Waals surface area contributed by atoms with Gasteiger partial charge in [0.05, 0.1) is 7.11 Å². The topological polar surface area (TPSA) is 67.4 Å². The molecule has 2 amide bonds. The van der Waals surface area contributed by atoms with Gasteiger partial charge in [0.15, 0.2) is 0 Å². The summed E-state index contributed by atoms with van der Waals surface area (Å²) < 4.78 is 5.07. The van der Waals surface area contributed by atoms with Gasteiger partial charge in [0, 0.05) is 24.9 Å². The SMILES string of the molecule is COc1ccc(CNC(=O)CCC(=O)NC(C)(C)C)cc1. The lowest BCUT2D eigenvalue weighted by Crippen LogP contribution is -2.41. The van der Waals surface area contributed by atoms with Crippen molar-refractivity contribution >= 4 is 11.8 Å². The monoisotopic (exact) mass is 292 g/mol. The minimum Gasteiger partial charge on any atom is -0.497 e. The lowest BCUT2D eigenvalue weighted by atomic mass is 10.1. The summed E-state index contributed by atoms with van der Waals surface area (Å²) >= 11 is 0. The Bertz CT molecular complexity index is 475. The van der Waals surface area contributed by atoms with Gasteiger partial charge >= 0.3 is 0 Å². The first-order valence-corrected chi connectivity index (χ1v) is 7.01. The molecule has 0 atom stereocenters. The van der Waals surface area contributed by atoms with Crippen LogP contribution in [-0.4, -0.2) is 24.5 Å². The van der Waals surface area contributed by atoms with Crippen molar-refractivity contribution in [2.45, 2.75) is 45.7 Å². The molecule has 0 bridgehead atoms. The average molecular weight is 292 g/mol. The Balaban J connectivity index is 2.29. The second-order valence-corrected chi connectivity index (χ2v) is 5.92. The average Bonchev–Trinajstić information content (AvgIpc) is 2.41. The zero-order valence-corrected chi connectivity index (χ0v) is 13.2. The quantitative estimate of drug-likeness (QED) is 0.843. The Labute approximate surface area is 126 Å². The summed E-state index contributed by atoms with van der Waals surface area (Å²) in [5, 5.41) is 5.62. The summed E-state index contributed by atoms with van der Waals surface area (Å²) in [4.78, 5) is 23.3. The molecule has 1 aromatic carbocycles. The molecule has 0 unspecified atom stereocenters. The van der Waals surface area contributed by atoms with Gasteiger partial charge in [0.1, 0.15) is 5.75 Å². The predicted octanol–water partition coefficient (Wildman–Crippen LogP) is 2.01. The maximum absolute atomic E-state index is 11.7. The standard InChI is InChI=1S/C16H24N2O3/c1-16(2,3)18-15(20)10-9-14(19)17-11-12-5-7-13(21-4)8-6-12/h5-8H,9-11H2,1-4H3,(H,17,19)(H,18,20). The zero-order valence-electron chi connectivity index (χ0n) is 13.2. The van der Waals surface area contributed by atoms with Crippen LogP contribution in [0.5, 0.6) is 5.75 Å². The largest absolute Gasteiger partial charge is 0.497 e. The molecule has 0 radical (unpaired) electrons. The summed E-state index contributed by atoms with van der Waals surface area (Å²) in [6.45, 7) is 6.18. The van der Waals surface area contributed by atoms with Gasteiger partial charge in [-0.3, -0.25) is 9.59 Å². The van der Waals surface area contributed by atoms with Gasteiger partial charge < -0.3 is 15.4 Å². The van der Waals surface area contributed by atoms with Crippen LogP contribution in [-0.2, 0) is 16.1 Å². The van der Waals surface area contributed by atoms with E-state index >= 15 is 0 Å². The molecule has 0 aliphatic rings. The summed E-state index contributed by atoms with van der Waals surface area (Å²) in [5.74, 6) is 0.543. The van der Waals surface area contributed by atoms with E-state index < -0.39 is 0 Å². The number of methoxy groups -OCH3 is 1. The van der Waals surface area contributed by atoms with Crippen molar-refractivity contribution in [1.29, 1.82) is 0 Å². The number of hydrogen-bond acceptors (Lipinski definition) is 3. The van der Waals surface area contributed by atoms with Crippen LogP contribution < -0.4 is 15.4 Å². The summed E-state index contributed by atoms with van der Waals surface area (Å²) in [5.41, 5.74) is 0.722. The summed E-state index contributed by atoms with van der Waals surface area (Å²) in [6.07, 6.45) is 0.393. The molecule has 0 saturated heterocycles. The molecule has 1 rings (SSSR count). The highest BCUT2D eigenvalue weighted by atomic mass is 16.5. The van der Waals surface area contributed by atoms with E-state index in [-0.39, 0.29) is 30.2 Å². The third kappa shape index (κ3) is 7.34. The summed E-state index contributed by atoms with van der Waals surface area (Å²) in [7, 11) is 1.61. The molecule has 5 nitrogen and oxygen atoms in total. The minimum absolute atomic E-state index is 0.109. The number of amides is 2. The zero-order chi connectivity index (χ0) is 15.9. The molecule has 0 aliphatic heterocycles. The molecular weight excluding hydrogens is 268 g/mol. The number of nitrogens with one attached hydrogen (secondary N) is 2. The van der Waals surface area contributed by atoms with Crippen molar-refractivity contribution in [3.05, 3.63) is 29.8 Å². The molecule has 5 heteroatoms. The van der Waals surface area contributed by atoms with Crippen LogP contribution in [0, 0.1) is 0 Å². The molecule has 1 aromatic rings. The van der Waals surface area contributed by atoms with Gasteiger partial charge in [-0.25, -0.2) is 0 Å². The summed E-state index contributed by atoms with van der Waals surface area (Å²) in [6, 6.07) is 7.48. The third-order valence-electron chi connectivity index (χ3n) is 2.74. The van der Waals surface area contributed by atoms with Crippen LogP contribution in [0.3, 0.4) is 0 Å². The second-order valence-electron chi connectivity index (χ2n) is 5.92. The van der Waals surface area contributed by atoms with Gasteiger partial charge in [-0.15, -0.1) is 0 Å². The number of carbonyl (C=O) groups excluding carboxylic acids is 2. The van der Waals surface area contributed by atoms with Crippen molar-refractivity contribution in [2.24, 2.45) is 0 Å². The van der Waals surface area contributed by atoms with Crippen molar-refractivity contribution < 1.29 is 14.3 Å². The van der Waals surface area contributed by atoms with Crippen LogP contribution in [0.15, 0.2) is 24.3 Å². The molecule has 0 fully saturated rings. The number of rotatable bonds is 6. The first-order valence-electron chi connectivity index (χ1n) is 7.01. The van der Waals surface area contributed by atoms with Crippen LogP contribution in [0.25, 0.3) is 0 Å². The lowest BCUT2D eigenvalue weighted by Gasteiger charge is -2.20. The Hall–Kier alpha value is -2.04. The molecule has 2 N–H and O–H groups in total. The van der Waals surface area contributed by atoms with Gasteiger partial charge in [0.25, 0.3) is 0 Å². The van der Waals surface area contributed by atoms with Crippen LogP contribution >= 0.6 is 0 Å². The van der Waals surface area contributed by atoms with Gasteiger partial charge in [-0.05, 0) is 38.5 Å². The van der Waals surface area contributed by atoms with Crippen molar-refractivity contribution in [2.75, 3.05) is 7.11 Å². The van der Waals surface area contributed by atoms with E-state index in [9.17, 15) is 9.59 Å². The number of carbonyl (C=O) groups is 2. The van der Waals surface area contributed by atoms with Gasteiger partial charge in [-0.2, -0.15) is 0 Å². The van der Waals surface area contributed by atoms with Crippen LogP contribution in [0.4, 0.5) is 0 Å². The first-order chi connectivity index (χ1) is 9.80. The smallest absolute Gasteiger partial charge is 0.220 e. The van der Waals surface area contributed by atoms with Crippen molar-refractivity contribution in [3.63, 3.8) is 0 Å². The fourth-order valence-corrected chi connectivity index (χ4v) is 1.74. The van der Waals surface area contributed by atoms with E-state index in [4.69, 9.17) is 4.74 Å². The lowest BCUT2D eigenvalue weighted by molar-refractivity contribution is -0.127. The minimum atomic E-state index is -0.267. The Morgan fingerprint density at radius 2 is 1.62 bits per heavy atom. The van der Waals surface area contributed by atoms with E-state index in [0.29, 0.717) is 6.54 Å². The third-order valence-corrected chi connectivity index (χ3v) is 2.74. The second kappa shape index (κ2) is 7.67. The maximum Gasteiger partial charge on any atom is 0.220 e. The van der Waals surface area contributed by atoms with Crippen molar-refractivity contribution in [3.8, 4) is 5.75 Å². The van der Waals surface area contributed by atoms with Crippen LogP contribution in [0.1, 0.15) is 39.2 Å². The van der Waals surface area contributed by atoms with Crippen molar-refractivity contribution in [1.82, 2.24) is 10.6 Å². The first kappa shape index (κ1) is 17.0. The normalized spacial score (nSPS) is 10.9. The van der Waals surface area contributed by atoms with E-state index in [1.165, 1.54) is 0 Å². The molecule has 0 aromatic heterocycles. The molecule has 0 spiro atoms. The van der Waals surface area contributed by atoms with Gasteiger partial charge in [-0.1, -0.05) is 12.1 Å². The Kier molecular flexibility index (Phi) is 6.21. The fourth-order valence-electron chi connectivity index (χ4n) is 1.74. The predicted molar refractivity (Wildman–Crippen MR) is 82.0 cm³/mol. The molecule has 21 heavy (non-hydrogen) atoms. The molecule has 0 heterocycles. The van der Waals surface area contributed by atoms with E-state index in [0.717, 1.165) is 11.3 Å². The highest BCUT2D eigenvalue weighted by Crippen LogP contribution is 2.11. The van der Waals surface area contributed by atoms with E-state index in [1.54, 1.807) is 7.11 Å². The molecular formula is C16H24N2O3. The highest BCUT2D eigenvalue weighted by Gasteiger charge is 2.14. The molecule has 116 valence electrons. The Morgan fingerprint density at radius 1 is 1.05 bits per heavy atom. The number of ether oxygens (including phenoxy) is 1.